The first kappa shape index (κ1) is 17.9. The molecule has 0 aliphatic carbocycles. The molecular formula is C16H27N3O4. The molecule has 1 unspecified atom stereocenters. The summed E-state index contributed by atoms with van der Waals surface area (Å²) < 4.78 is 13.2. The van der Waals surface area contributed by atoms with E-state index in [-0.39, 0.29) is 31.8 Å². The van der Waals surface area contributed by atoms with Crippen LogP contribution in [0.25, 0.3) is 0 Å². The fourth-order valence-corrected chi connectivity index (χ4v) is 2.95. The quantitative estimate of drug-likeness (QED) is 0.765. The molecule has 7 nitrogen and oxygen atoms in total. The summed E-state index contributed by atoms with van der Waals surface area (Å²) in [5, 5.41) is 13.6. The van der Waals surface area contributed by atoms with Crippen molar-refractivity contribution in [2.45, 2.75) is 52.0 Å². The number of aliphatic hydroxyl groups excluding tert-OH is 1. The standard InChI is InChI=1S/C16H27N3O4/c1-4-19-14(5-7-17-19)11-18(8-9-20)15(21)16(23-13(2)3)6-10-22-12-16/h5,7,13,20H,4,6,8-12H2,1-3H3. The van der Waals surface area contributed by atoms with Crippen molar-refractivity contribution in [3.63, 3.8) is 0 Å². The molecule has 0 aromatic carbocycles. The molecule has 0 radical (unpaired) electrons. The summed E-state index contributed by atoms with van der Waals surface area (Å²) in [6.07, 6.45) is 2.19. The van der Waals surface area contributed by atoms with E-state index in [2.05, 4.69) is 5.10 Å². The molecule has 0 spiro atoms. The van der Waals surface area contributed by atoms with Gasteiger partial charge >= 0.3 is 0 Å². The topological polar surface area (TPSA) is 76.8 Å². The van der Waals surface area contributed by atoms with Gasteiger partial charge in [-0.1, -0.05) is 0 Å². The van der Waals surface area contributed by atoms with Crippen LogP contribution in [0, 0.1) is 0 Å². The Morgan fingerprint density at radius 3 is 2.96 bits per heavy atom. The summed E-state index contributed by atoms with van der Waals surface area (Å²) >= 11 is 0. The average molecular weight is 325 g/mol. The number of aryl methyl sites for hydroxylation is 1. The summed E-state index contributed by atoms with van der Waals surface area (Å²) in [6, 6.07) is 1.89. The van der Waals surface area contributed by atoms with Crippen molar-refractivity contribution in [1.29, 1.82) is 0 Å². The monoisotopic (exact) mass is 325 g/mol. The van der Waals surface area contributed by atoms with Gasteiger partial charge in [-0.25, -0.2) is 0 Å². The van der Waals surface area contributed by atoms with E-state index in [0.29, 0.717) is 19.6 Å². The van der Waals surface area contributed by atoms with Crippen molar-refractivity contribution in [2.75, 3.05) is 26.4 Å². The van der Waals surface area contributed by atoms with Gasteiger partial charge < -0.3 is 19.5 Å². The number of amides is 1. The average Bonchev–Trinajstić information content (AvgIpc) is 3.15. The molecule has 2 rings (SSSR count). The lowest BCUT2D eigenvalue weighted by Gasteiger charge is -2.34. The minimum absolute atomic E-state index is 0.0715. The van der Waals surface area contributed by atoms with Crippen molar-refractivity contribution >= 4 is 5.91 Å². The molecule has 1 fully saturated rings. The number of nitrogens with zero attached hydrogens (tertiary/aromatic N) is 3. The smallest absolute Gasteiger partial charge is 0.257 e. The zero-order chi connectivity index (χ0) is 16.9. The Hall–Kier alpha value is -1.44. The third-order valence-corrected chi connectivity index (χ3v) is 3.95. The number of aromatic nitrogens is 2. The Kier molecular flexibility index (Phi) is 6.15. The molecule has 1 aromatic rings. The molecule has 130 valence electrons. The molecule has 1 aliphatic heterocycles. The van der Waals surface area contributed by atoms with E-state index < -0.39 is 5.60 Å². The lowest BCUT2D eigenvalue weighted by Crippen LogP contribution is -2.53. The number of ether oxygens (including phenoxy) is 2. The maximum absolute atomic E-state index is 13.1. The first-order chi connectivity index (χ1) is 11.0. The van der Waals surface area contributed by atoms with E-state index in [1.807, 2.05) is 31.5 Å². The van der Waals surface area contributed by atoms with Gasteiger partial charge in [-0.15, -0.1) is 0 Å². The largest absolute Gasteiger partial charge is 0.395 e. The third-order valence-electron chi connectivity index (χ3n) is 3.95. The van der Waals surface area contributed by atoms with Crippen molar-refractivity contribution in [2.24, 2.45) is 0 Å². The van der Waals surface area contributed by atoms with Gasteiger partial charge in [-0.3, -0.25) is 9.48 Å². The van der Waals surface area contributed by atoms with E-state index in [1.54, 1.807) is 11.1 Å². The van der Waals surface area contributed by atoms with Crippen molar-refractivity contribution in [1.82, 2.24) is 14.7 Å². The maximum Gasteiger partial charge on any atom is 0.257 e. The van der Waals surface area contributed by atoms with Gasteiger partial charge in [-0.05, 0) is 26.8 Å². The van der Waals surface area contributed by atoms with Gasteiger partial charge in [0.15, 0.2) is 5.60 Å². The van der Waals surface area contributed by atoms with Gasteiger partial charge in [-0.2, -0.15) is 5.10 Å². The van der Waals surface area contributed by atoms with Crippen molar-refractivity contribution in [3.05, 3.63) is 18.0 Å². The molecule has 1 atom stereocenters. The van der Waals surface area contributed by atoms with Crippen LogP contribution in [0.2, 0.25) is 0 Å². The van der Waals surface area contributed by atoms with Gasteiger partial charge in [0.05, 0.1) is 38.2 Å². The molecule has 23 heavy (non-hydrogen) atoms. The van der Waals surface area contributed by atoms with Crippen LogP contribution in [0.1, 0.15) is 32.9 Å². The number of carbonyl (C=O) groups excluding carboxylic acids is 1. The molecule has 1 amide bonds. The predicted octanol–water partition coefficient (Wildman–Crippen LogP) is 0.808. The van der Waals surface area contributed by atoms with Crippen LogP contribution in [0.4, 0.5) is 0 Å². The van der Waals surface area contributed by atoms with Crippen LogP contribution in [0.15, 0.2) is 12.3 Å². The Bertz CT molecular complexity index is 509. The second-order valence-electron chi connectivity index (χ2n) is 6.05. The first-order valence-corrected chi connectivity index (χ1v) is 8.19. The van der Waals surface area contributed by atoms with E-state index in [4.69, 9.17) is 9.47 Å². The molecular weight excluding hydrogens is 298 g/mol. The van der Waals surface area contributed by atoms with E-state index >= 15 is 0 Å². The van der Waals surface area contributed by atoms with E-state index in [0.717, 1.165) is 12.2 Å². The molecule has 1 saturated heterocycles. The molecule has 0 saturated carbocycles. The normalized spacial score (nSPS) is 21.1. The maximum atomic E-state index is 13.1. The molecule has 7 heteroatoms. The molecule has 0 bridgehead atoms. The summed E-state index contributed by atoms with van der Waals surface area (Å²) in [4.78, 5) is 14.7. The van der Waals surface area contributed by atoms with Gasteiger partial charge in [0.1, 0.15) is 0 Å². The fourth-order valence-electron chi connectivity index (χ4n) is 2.95. The van der Waals surface area contributed by atoms with Crippen LogP contribution in [0.5, 0.6) is 0 Å². The van der Waals surface area contributed by atoms with Gasteiger partial charge in [0, 0.05) is 25.7 Å². The molecule has 2 heterocycles. The molecule has 1 N–H and O–H groups in total. The summed E-state index contributed by atoms with van der Waals surface area (Å²) in [6.45, 7) is 7.91. The number of rotatable bonds is 8. The summed E-state index contributed by atoms with van der Waals surface area (Å²) in [5.74, 6) is -0.124. The Morgan fingerprint density at radius 1 is 1.61 bits per heavy atom. The minimum Gasteiger partial charge on any atom is -0.395 e. The molecule has 1 aromatic heterocycles. The fraction of sp³-hybridized carbons (Fsp3) is 0.750. The van der Waals surface area contributed by atoms with Crippen molar-refractivity contribution in [3.8, 4) is 0 Å². The lowest BCUT2D eigenvalue weighted by molar-refractivity contribution is -0.165. The van der Waals surface area contributed by atoms with Crippen LogP contribution >= 0.6 is 0 Å². The predicted molar refractivity (Wildman–Crippen MR) is 84.8 cm³/mol. The Labute approximate surface area is 137 Å². The Balaban J connectivity index is 2.19. The van der Waals surface area contributed by atoms with Crippen LogP contribution in [-0.4, -0.2) is 63.8 Å². The van der Waals surface area contributed by atoms with Crippen molar-refractivity contribution < 1.29 is 19.4 Å². The third kappa shape index (κ3) is 4.10. The number of hydrogen-bond donors (Lipinski definition) is 1. The second-order valence-corrected chi connectivity index (χ2v) is 6.05. The number of aliphatic hydroxyl groups is 1. The highest BCUT2D eigenvalue weighted by atomic mass is 16.6. The lowest BCUT2D eigenvalue weighted by atomic mass is 10.0. The summed E-state index contributed by atoms with van der Waals surface area (Å²) in [7, 11) is 0. The first-order valence-electron chi connectivity index (χ1n) is 8.19. The highest BCUT2D eigenvalue weighted by molar-refractivity contribution is 5.86. The van der Waals surface area contributed by atoms with Crippen LogP contribution in [0.3, 0.4) is 0 Å². The number of carbonyl (C=O) groups is 1. The highest BCUT2D eigenvalue weighted by Gasteiger charge is 2.46. The summed E-state index contributed by atoms with van der Waals surface area (Å²) in [5.41, 5.74) is -0.00616. The van der Waals surface area contributed by atoms with E-state index in [1.165, 1.54) is 0 Å². The van der Waals surface area contributed by atoms with Crippen LogP contribution < -0.4 is 0 Å². The SMILES string of the molecule is CCn1nccc1CN(CCO)C(=O)C1(OC(C)C)CCOC1. The zero-order valence-electron chi connectivity index (χ0n) is 14.2. The number of hydrogen-bond acceptors (Lipinski definition) is 5. The van der Waals surface area contributed by atoms with Gasteiger partial charge in [0.25, 0.3) is 5.91 Å². The minimum atomic E-state index is -0.944. The zero-order valence-corrected chi connectivity index (χ0v) is 14.2. The highest BCUT2D eigenvalue weighted by Crippen LogP contribution is 2.28. The van der Waals surface area contributed by atoms with Crippen LogP contribution in [-0.2, 0) is 27.4 Å². The molecule has 1 aliphatic rings. The van der Waals surface area contributed by atoms with Gasteiger partial charge in [0.2, 0.25) is 0 Å². The second kappa shape index (κ2) is 7.90. The Morgan fingerprint density at radius 2 is 2.39 bits per heavy atom. The van der Waals surface area contributed by atoms with E-state index in [9.17, 15) is 9.90 Å².